The van der Waals surface area contributed by atoms with Gasteiger partial charge in [-0.2, -0.15) is 0 Å². The van der Waals surface area contributed by atoms with Gasteiger partial charge in [0.05, 0.1) is 5.02 Å². The summed E-state index contributed by atoms with van der Waals surface area (Å²) in [6, 6.07) is 17.0. The van der Waals surface area contributed by atoms with Crippen molar-refractivity contribution in [2.24, 2.45) is 11.3 Å². The summed E-state index contributed by atoms with van der Waals surface area (Å²) in [6.07, 6.45) is 21.5. The molecule has 0 aromatic heterocycles. The first kappa shape index (κ1) is 29.5. The van der Waals surface area contributed by atoms with E-state index in [1.807, 2.05) is 18.4 Å². The third-order valence-electron chi connectivity index (χ3n) is 8.24. The SMILES string of the molecule is C1=CCCC=C1.C=CC(=O)C(C[C@H]1CCC(CC)(C[C@@H](C)c2ccccc2)C1)c1ccc(SC)c(Cl)c1. The van der Waals surface area contributed by atoms with Crippen molar-refractivity contribution < 1.29 is 4.79 Å². The molecular formula is C34H43ClOS. The first-order chi connectivity index (χ1) is 17.9. The molecule has 0 N–H and O–H groups in total. The van der Waals surface area contributed by atoms with E-state index in [1.165, 1.54) is 56.6 Å². The molecule has 0 aliphatic heterocycles. The fraction of sp³-hybridized carbons (Fsp3) is 0.441. The molecule has 1 nitrogen and oxygen atoms in total. The van der Waals surface area contributed by atoms with Gasteiger partial charge in [-0.1, -0.05) is 99.2 Å². The van der Waals surface area contributed by atoms with Crippen LogP contribution in [0.3, 0.4) is 0 Å². The lowest BCUT2D eigenvalue weighted by Crippen LogP contribution is -2.20. The highest BCUT2D eigenvalue weighted by Gasteiger charge is 2.40. The fourth-order valence-corrected chi connectivity index (χ4v) is 6.94. The molecule has 0 amide bonds. The predicted molar refractivity (Wildman–Crippen MR) is 163 cm³/mol. The average molecular weight is 535 g/mol. The molecule has 2 aromatic rings. The first-order valence-electron chi connectivity index (χ1n) is 13.8. The summed E-state index contributed by atoms with van der Waals surface area (Å²) in [5.41, 5.74) is 2.84. The highest BCUT2D eigenvalue weighted by atomic mass is 35.5. The zero-order valence-corrected chi connectivity index (χ0v) is 24.4. The molecule has 0 bridgehead atoms. The first-order valence-corrected chi connectivity index (χ1v) is 15.4. The molecule has 0 saturated heterocycles. The van der Waals surface area contributed by atoms with E-state index in [2.05, 4.69) is 81.1 Å². The second-order valence-corrected chi connectivity index (χ2v) is 12.0. The van der Waals surface area contributed by atoms with Crippen molar-refractivity contribution in [3.8, 4) is 0 Å². The molecule has 4 atom stereocenters. The van der Waals surface area contributed by atoms with Gasteiger partial charge in [-0.15, -0.1) is 11.8 Å². The summed E-state index contributed by atoms with van der Waals surface area (Å²) in [7, 11) is 0. The summed E-state index contributed by atoms with van der Waals surface area (Å²) in [4.78, 5) is 13.8. The Balaban J connectivity index is 0.000000555. The molecule has 2 aliphatic rings. The van der Waals surface area contributed by atoms with E-state index >= 15 is 0 Å². The fourth-order valence-electron chi connectivity index (χ4n) is 6.06. The number of carbonyl (C=O) groups excluding carboxylic acids is 1. The van der Waals surface area contributed by atoms with Gasteiger partial charge in [-0.05, 0) is 97.8 Å². The topological polar surface area (TPSA) is 17.1 Å². The van der Waals surface area contributed by atoms with E-state index in [9.17, 15) is 4.79 Å². The Morgan fingerprint density at radius 1 is 1.14 bits per heavy atom. The number of carbonyl (C=O) groups is 1. The largest absolute Gasteiger partial charge is 0.294 e. The van der Waals surface area contributed by atoms with Crippen LogP contribution in [-0.2, 0) is 4.79 Å². The van der Waals surface area contributed by atoms with Crippen LogP contribution in [-0.4, -0.2) is 12.0 Å². The molecule has 1 saturated carbocycles. The lowest BCUT2D eigenvalue weighted by Gasteiger charge is -2.32. The molecule has 1 fully saturated rings. The van der Waals surface area contributed by atoms with E-state index in [0.717, 1.165) is 21.9 Å². The summed E-state index contributed by atoms with van der Waals surface area (Å²) in [5, 5.41) is 0.734. The van der Waals surface area contributed by atoms with Gasteiger partial charge >= 0.3 is 0 Å². The van der Waals surface area contributed by atoms with Crippen LogP contribution in [0.1, 0.15) is 88.2 Å². The van der Waals surface area contributed by atoms with Crippen molar-refractivity contribution in [3.63, 3.8) is 0 Å². The van der Waals surface area contributed by atoms with Crippen LogP contribution in [0, 0.1) is 11.3 Å². The van der Waals surface area contributed by atoms with Gasteiger partial charge < -0.3 is 0 Å². The van der Waals surface area contributed by atoms with Crippen molar-refractivity contribution >= 4 is 29.1 Å². The quantitative estimate of drug-likeness (QED) is 0.222. The van der Waals surface area contributed by atoms with Crippen LogP contribution in [0.25, 0.3) is 0 Å². The Bertz CT molecular complexity index is 1060. The van der Waals surface area contributed by atoms with Gasteiger partial charge in [0.1, 0.15) is 0 Å². The summed E-state index contributed by atoms with van der Waals surface area (Å²) < 4.78 is 0. The molecule has 0 heterocycles. The van der Waals surface area contributed by atoms with Gasteiger partial charge in [0.25, 0.3) is 0 Å². The van der Waals surface area contributed by atoms with E-state index in [4.69, 9.17) is 11.6 Å². The lowest BCUT2D eigenvalue weighted by molar-refractivity contribution is -0.116. The van der Waals surface area contributed by atoms with E-state index in [0.29, 0.717) is 17.3 Å². The number of rotatable bonds is 10. The Morgan fingerprint density at radius 2 is 1.84 bits per heavy atom. The molecule has 0 spiro atoms. The molecule has 3 heteroatoms. The Morgan fingerprint density at radius 3 is 2.38 bits per heavy atom. The van der Waals surface area contributed by atoms with Crippen LogP contribution in [0.2, 0.25) is 5.02 Å². The third-order valence-corrected chi connectivity index (χ3v) is 9.46. The molecular weight excluding hydrogens is 492 g/mol. The van der Waals surface area contributed by atoms with Crippen LogP contribution in [0.15, 0.2) is 90.4 Å². The third kappa shape index (κ3) is 8.48. The monoisotopic (exact) mass is 534 g/mol. The standard InChI is InChI=1S/C28H35ClOS.C6H8/c1-5-26(30)24(23-12-13-27(31-4)25(29)17-23)16-21-14-15-28(6-2,19-21)18-20(3)22-10-8-7-9-11-22;1-2-4-6-5-3-1/h5,7-13,17,20-21,24H,1,6,14-16,18-19H2,2-4H3;1-4H,5-6H2/t20-,21-,24?,28?;/m1./s1. The minimum Gasteiger partial charge on any atom is -0.294 e. The number of halogens is 1. The zero-order valence-electron chi connectivity index (χ0n) is 22.8. The number of thioether (sulfide) groups is 1. The smallest absolute Gasteiger partial charge is 0.162 e. The molecule has 198 valence electrons. The van der Waals surface area contributed by atoms with Gasteiger partial charge in [0.2, 0.25) is 0 Å². The highest BCUT2D eigenvalue weighted by Crippen LogP contribution is 2.52. The molecule has 37 heavy (non-hydrogen) atoms. The van der Waals surface area contributed by atoms with Crippen LogP contribution >= 0.6 is 23.4 Å². The molecule has 2 aromatic carbocycles. The van der Waals surface area contributed by atoms with Crippen molar-refractivity contribution in [1.29, 1.82) is 0 Å². The van der Waals surface area contributed by atoms with Gasteiger partial charge in [0, 0.05) is 10.8 Å². The summed E-state index contributed by atoms with van der Waals surface area (Å²) >= 11 is 8.10. The van der Waals surface area contributed by atoms with Crippen molar-refractivity contribution in [1.82, 2.24) is 0 Å². The van der Waals surface area contributed by atoms with E-state index in [-0.39, 0.29) is 11.7 Å². The van der Waals surface area contributed by atoms with Crippen molar-refractivity contribution in [2.75, 3.05) is 6.26 Å². The predicted octanol–water partition coefficient (Wildman–Crippen LogP) is 10.6. The second kappa shape index (κ2) is 14.8. The van der Waals surface area contributed by atoms with Crippen LogP contribution in [0.4, 0.5) is 0 Å². The maximum absolute atomic E-state index is 12.8. The van der Waals surface area contributed by atoms with Crippen LogP contribution < -0.4 is 0 Å². The number of hydrogen-bond donors (Lipinski definition) is 0. The van der Waals surface area contributed by atoms with Crippen molar-refractivity contribution in [2.45, 2.75) is 81.9 Å². The van der Waals surface area contributed by atoms with Crippen molar-refractivity contribution in [3.05, 3.63) is 102 Å². The lowest BCUT2D eigenvalue weighted by atomic mass is 9.73. The minimum absolute atomic E-state index is 0.111. The average Bonchev–Trinajstić information content (AvgIpc) is 3.35. The Labute approximate surface area is 234 Å². The molecule has 4 rings (SSSR count). The second-order valence-electron chi connectivity index (χ2n) is 10.7. The number of hydrogen-bond acceptors (Lipinski definition) is 2. The minimum atomic E-state index is -0.143. The zero-order chi connectivity index (χ0) is 26.7. The number of benzene rings is 2. The number of ketones is 1. The van der Waals surface area contributed by atoms with Gasteiger partial charge in [-0.3, -0.25) is 4.79 Å². The van der Waals surface area contributed by atoms with E-state index < -0.39 is 0 Å². The summed E-state index contributed by atoms with van der Waals surface area (Å²) in [6.45, 7) is 8.47. The molecule has 2 aliphatic carbocycles. The molecule has 0 radical (unpaired) electrons. The number of allylic oxidation sites excluding steroid dienone is 5. The van der Waals surface area contributed by atoms with E-state index in [1.54, 1.807) is 11.8 Å². The van der Waals surface area contributed by atoms with Gasteiger partial charge in [-0.25, -0.2) is 0 Å². The molecule has 2 unspecified atom stereocenters. The Hall–Kier alpha value is -2.03. The maximum Gasteiger partial charge on any atom is 0.162 e. The normalized spacial score (nSPS) is 22.1. The Kier molecular flexibility index (Phi) is 11.8. The highest BCUT2D eigenvalue weighted by molar-refractivity contribution is 7.98. The maximum atomic E-state index is 12.8. The summed E-state index contributed by atoms with van der Waals surface area (Å²) in [5.74, 6) is 1.09. The van der Waals surface area contributed by atoms with Gasteiger partial charge in [0.15, 0.2) is 5.78 Å². The van der Waals surface area contributed by atoms with Crippen LogP contribution in [0.5, 0.6) is 0 Å².